The number of hydrogen-bond donors (Lipinski definition) is 1. The van der Waals surface area contributed by atoms with Crippen LogP contribution in [0.1, 0.15) is 48.3 Å². The highest BCUT2D eigenvalue weighted by molar-refractivity contribution is 6.29. The third-order valence-electron chi connectivity index (χ3n) is 6.92. The Morgan fingerprint density at radius 3 is 2.56 bits per heavy atom. The molecule has 0 radical (unpaired) electrons. The SMILES string of the molecule is C[C@]1(c2ccn(C(F)F)n2)C[C@H](C(=O)Nc2cnc(-c3ncccn3)c(C(F)(F)F)c2)c2cnc3cc(Cl)nn3c21. The number of carbonyl (C=O) groups excluding carboxylic acids is 1. The molecule has 1 N–H and O–H groups in total. The molecule has 5 aromatic heterocycles. The third-order valence-corrected chi connectivity index (χ3v) is 7.11. The minimum atomic E-state index is -4.82. The second kappa shape index (κ2) is 9.54. The number of rotatable bonds is 5. The van der Waals surface area contributed by atoms with Gasteiger partial charge in [-0.3, -0.25) is 9.78 Å². The van der Waals surface area contributed by atoms with Gasteiger partial charge in [-0.2, -0.15) is 32.1 Å². The van der Waals surface area contributed by atoms with Crippen molar-refractivity contribution in [3.05, 3.63) is 82.9 Å². The molecule has 41 heavy (non-hydrogen) atoms. The van der Waals surface area contributed by atoms with Crippen molar-refractivity contribution in [3.63, 3.8) is 0 Å². The summed E-state index contributed by atoms with van der Waals surface area (Å²) in [5.41, 5.74) is -1.53. The van der Waals surface area contributed by atoms with Crippen molar-refractivity contribution in [3.8, 4) is 11.5 Å². The molecule has 0 saturated heterocycles. The highest BCUT2D eigenvalue weighted by Gasteiger charge is 2.48. The van der Waals surface area contributed by atoms with Crippen LogP contribution in [0.3, 0.4) is 0 Å². The number of nitrogens with one attached hydrogen (secondary N) is 1. The van der Waals surface area contributed by atoms with Gasteiger partial charge in [0.25, 0.3) is 0 Å². The van der Waals surface area contributed by atoms with E-state index < -0.39 is 41.2 Å². The van der Waals surface area contributed by atoms with Crippen LogP contribution in [-0.4, -0.2) is 45.2 Å². The molecular weight excluding hydrogens is 573 g/mol. The molecule has 0 aliphatic heterocycles. The molecule has 2 atom stereocenters. The van der Waals surface area contributed by atoms with Crippen LogP contribution in [0.2, 0.25) is 5.15 Å². The van der Waals surface area contributed by atoms with E-state index in [4.69, 9.17) is 11.6 Å². The van der Waals surface area contributed by atoms with Crippen molar-refractivity contribution in [2.24, 2.45) is 0 Å². The van der Waals surface area contributed by atoms with Gasteiger partial charge in [-0.05, 0) is 31.5 Å². The van der Waals surface area contributed by atoms with Gasteiger partial charge < -0.3 is 5.32 Å². The lowest BCUT2D eigenvalue weighted by Crippen LogP contribution is -2.26. The molecular formula is C25H17ClF5N9O. The maximum absolute atomic E-state index is 13.9. The van der Waals surface area contributed by atoms with Crippen LogP contribution in [0.25, 0.3) is 17.2 Å². The molecule has 1 aliphatic carbocycles. The fourth-order valence-electron chi connectivity index (χ4n) is 5.12. The Labute approximate surface area is 232 Å². The molecule has 1 amide bonds. The van der Waals surface area contributed by atoms with E-state index >= 15 is 0 Å². The maximum Gasteiger partial charge on any atom is 0.418 e. The first-order chi connectivity index (χ1) is 19.5. The zero-order valence-corrected chi connectivity index (χ0v) is 21.6. The number of halogens is 6. The summed E-state index contributed by atoms with van der Waals surface area (Å²) in [6, 6.07) is 5.12. The Hall–Kier alpha value is -4.53. The average Bonchev–Trinajstić information content (AvgIpc) is 3.64. The molecule has 0 aromatic carbocycles. The fraction of sp³-hybridized carbons (Fsp3) is 0.240. The monoisotopic (exact) mass is 589 g/mol. The molecule has 0 spiro atoms. The normalized spacial score (nSPS) is 18.7. The van der Waals surface area contributed by atoms with Crippen molar-refractivity contribution in [1.29, 1.82) is 0 Å². The van der Waals surface area contributed by atoms with Crippen molar-refractivity contribution < 1.29 is 26.7 Å². The molecule has 210 valence electrons. The van der Waals surface area contributed by atoms with Gasteiger partial charge >= 0.3 is 12.7 Å². The number of carbonyl (C=O) groups is 1. The van der Waals surface area contributed by atoms with Crippen LogP contribution in [0, 0.1) is 0 Å². The van der Waals surface area contributed by atoms with Crippen molar-refractivity contribution in [1.82, 2.24) is 39.3 Å². The lowest BCUT2D eigenvalue weighted by Gasteiger charge is -2.23. The molecule has 6 rings (SSSR count). The van der Waals surface area contributed by atoms with E-state index in [1.807, 2.05) is 0 Å². The van der Waals surface area contributed by atoms with E-state index in [2.05, 4.69) is 35.5 Å². The van der Waals surface area contributed by atoms with E-state index in [9.17, 15) is 26.7 Å². The quantitative estimate of drug-likeness (QED) is 0.277. The van der Waals surface area contributed by atoms with Crippen molar-refractivity contribution in [2.75, 3.05) is 5.32 Å². The van der Waals surface area contributed by atoms with Crippen LogP contribution in [-0.2, 0) is 16.4 Å². The Kier molecular flexibility index (Phi) is 6.21. The number of pyridine rings is 1. The summed E-state index contributed by atoms with van der Waals surface area (Å²) in [6.07, 6.45) is 1.42. The van der Waals surface area contributed by atoms with E-state index in [0.717, 1.165) is 18.5 Å². The van der Waals surface area contributed by atoms with Gasteiger partial charge in [0.05, 0.1) is 40.2 Å². The summed E-state index contributed by atoms with van der Waals surface area (Å²) < 4.78 is 70.4. The van der Waals surface area contributed by atoms with E-state index in [1.54, 1.807) is 6.92 Å². The molecule has 10 nitrogen and oxygen atoms in total. The van der Waals surface area contributed by atoms with Crippen LogP contribution < -0.4 is 5.32 Å². The van der Waals surface area contributed by atoms with Gasteiger partial charge in [0.2, 0.25) is 5.91 Å². The first-order valence-corrected chi connectivity index (χ1v) is 12.4. The van der Waals surface area contributed by atoms with Crippen molar-refractivity contribution >= 4 is 28.8 Å². The summed E-state index contributed by atoms with van der Waals surface area (Å²) in [7, 11) is 0. The second-order valence-electron chi connectivity index (χ2n) is 9.53. The summed E-state index contributed by atoms with van der Waals surface area (Å²) in [6.45, 7) is -1.17. The lowest BCUT2D eigenvalue weighted by atomic mass is 9.82. The molecule has 0 saturated carbocycles. The maximum atomic E-state index is 13.9. The summed E-state index contributed by atoms with van der Waals surface area (Å²) >= 11 is 6.11. The lowest BCUT2D eigenvalue weighted by molar-refractivity contribution is -0.137. The van der Waals surface area contributed by atoms with Gasteiger partial charge in [0.15, 0.2) is 16.6 Å². The standard InChI is InChI=1S/C25H17ClF5N9O/c1-24(16-3-6-39(37-16)23(27)28)9-13(14-11-34-18-8-17(26)38-40(18)20(14)24)22(41)36-12-7-15(25(29,30)31)19(35-10-12)21-32-4-2-5-33-21/h2-8,10-11,13,23H,9H2,1H3,(H,36,41)/t13-,24+/m0/s1. The molecule has 0 unspecified atom stereocenters. The first-order valence-electron chi connectivity index (χ1n) is 12.0. The van der Waals surface area contributed by atoms with Crippen LogP contribution in [0.15, 0.2) is 55.2 Å². The highest BCUT2D eigenvalue weighted by atomic mass is 35.5. The molecule has 0 bridgehead atoms. The number of anilines is 1. The van der Waals surface area contributed by atoms with Crippen molar-refractivity contribution in [2.45, 2.75) is 37.4 Å². The minimum absolute atomic E-state index is 0.0299. The van der Waals surface area contributed by atoms with Crippen LogP contribution in [0.5, 0.6) is 0 Å². The van der Waals surface area contributed by atoms with Gasteiger partial charge in [-0.25, -0.2) is 24.1 Å². The molecule has 0 fully saturated rings. The van der Waals surface area contributed by atoms with Crippen LogP contribution in [0.4, 0.5) is 27.6 Å². The second-order valence-corrected chi connectivity index (χ2v) is 9.91. The zero-order chi connectivity index (χ0) is 29.1. The van der Waals surface area contributed by atoms with Gasteiger partial charge in [0, 0.05) is 36.4 Å². The minimum Gasteiger partial charge on any atom is -0.324 e. The van der Waals surface area contributed by atoms with E-state index in [1.165, 1.54) is 41.3 Å². The number of aromatic nitrogens is 8. The predicted octanol–water partition coefficient (Wildman–Crippen LogP) is 5.28. The highest BCUT2D eigenvalue weighted by Crippen LogP contribution is 2.50. The molecule has 1 aliphatic rings. The zero-order valence-electron chi connectivity index (χ0n) is 20.8. The third kappa shape index (κ3) is 4.55. The summed E-state index contributed by atoms with van der Waals surface area (Å²) in [5.74, 6) is -1.85. The Morgan fingerprint density at radius 1 is 1.12 bits per heavy atom. The number of fused-ring (bicyclic) bond motifs is 3. The van der Waals surface area contributed by atoms with Gasteiger partial charge in [-0.1, -0.05) is 11.6 Å². The number of amides is 1. The Bertz CT molecular complexity index is 1790. The number of alkyl halides is 5. The largest absolute Gasteiger partial charge is 0.418 e. The topological polar surface area (TPSA) is 116 Å². The predicted molar refractivity (Wildman–Crippen MR) is 134 cm³/mol. The molecule has 16 heteroatoms. The fourth-order valence-corrected chi connectivity index (χ4v) is 5.29. The molecule has 5 heterocycles. The van der Waals surface area contributed by atoms with E-state index in [-0.39, 0.29) is 28.8 Å². The van der Waals surface area contributed by atoms with E-state index in [0.29, 0.717) is 21.6 Å². The van der Waals surface area contributed by atoms with Crippen LogP contribution >= 0.6 is 11.6 Å². The summed E-state index contributed by atoms with van der Waals surface area (Å²) in [5, 5.41) is 10.9. The smallest absolute Gasteiger partial charge is 0.324 e. The molecule has 5 aromatic rings. The number of hydrogen-bond acceptors (Lipinski definition) is 7. The van der Waals surface area contributed by atoms with Gasteiger partial charge in [0.1, 0.15) is 5.69 Å². The first kappa shape index (κ1) is 26.7. The number of nitrogens with zero attached hydrogens (tertiary/aromatic N) is 8. The average molecular weight is 590 g/mol. The van der Waals surface area contributed by atoms with Gasteiger partial charge in [-0.15, -0.1) is 0 Å². The Morgan fingerprint density at radius 2 is 1.88 bits per heavy atom. The Balaban J connectivity index is 1.40. The summed E-state index contributed by atoms with van der Waals surface area (Å²) in [4.78, 5) is 29.5.